The summed E-state index contributed by atoms with van der Waals surface area (Å²) in [4.78, 5) is 38.3. The lowest BCUT2D eigenvalue weighted by Gasteiger charge is -2.25. The Morgan fingerprint density at radius 1 is 0.933 bits per heavy atom. The summed E-state index contributed by atoms with van der Waals surface area (Å²) in [6.07, 6.45) is 9.96. The molecule has 0 aliphatic carbocycles. The Balaban J connectivity index is 2.50. The highest BCUT2D eigenvalue weighted by atomic mass is 32.2. The first-order chi connectivity index (χ1) is 14.4. The highest BCUT2D eigenvalue weighted by Gasteiger charge is 2.23. The van der Waals surface area contributed by atoms with Gasteiger partial charge in [-0.2, -0.15) is 0 Å². The predicted octanol–water partition coefficient (Wildman–Crippen LogP) is 5.60. The Labute approximate surface area is 185 Å². The maximum absolute atomic E-state index is 12.9. The van der Waals surface area contributed by atoms with Crippen molar-refractivity contribution in [2.75, 3.05) is 24.3 Å². The van der Waals surface area contributed by atoms with Crippen molar-refractivity contribution in [2.45, 2.75) is 78.6 Å². The zero-order valence-corrected chi connectivity index (χ0v) is 19.8. The average molecular weight is 436 g/mol. The van der Waals surface area contributed by atoms with Gasteiger partial charge in [0.25, 0.3) is 0 Å². The van der Waals surface area contributed by atoms with Gasteiger partial charge in [0.2, 0.25) is 5.91 Å². The fourth-order valence-electron chi connectivity index (χ4n) is 3.41. The van der Waals surface area contributed by atoms with E-state index in [0.717, 1.165) is 35.7 Å². The third-order valence-corrected chi connectivity index (χ3v) is 6.03. The molecular weight excluding hydrogens is 398 g/mol. The Hall–Kier alpha value is -1.82. The highest BCUT2D eigenvalue weighted by Crippen LogP contribution is 2.26. The number of methoxy groups -OCH3 is 1. The van der Waals surface area contributed by atoms with E-state index in [4.69, 9.17) is 4.74 Å². The van der Waals surface area contributed by atoms with Crippen LogP contribution in [-0.4, -0.2) is 36.4 Å². The fourth-order valence-corrected chi connectivity index (χ4v) is 4.14. The van der Waals surface area contributed by atoms with E-state index in [0.29, 0.717) is 12.1 Å². The molecule has 6 heteroatoms. The Kier molecular flexibility index (Phi) is 13.2. The number of aryl methyl sites for hydroxylation is 2. The monoisotopic (exact) mass is 435 g/mol. The molecular formula is C24H37NO4S. The van der Waals surface area contributed by atoms with Crippen molar-refractivity contribution < 1.29 is 19.1 Å². The molecule has 1 aromatic carbocycles. The van der Waals surface area contributed by atoms with E-state index in [1.165, 1.54) is 50.5 Å². The quantitative estimate of drug-likeness (QED) is 0.281. The summed E-state index contributed by atoms with van der Waals surface area (Å²) >= 11 is 1.05. The van der Waals surface area contributed by atoms with Crippen molar-refractivity contribution in [3.63, 3.8) is 0 Å². The van der Waals surface area contributed by atoms with Crippen LogP contribution in [0.2, 0.25) is 0 Å². The third kappa shape index (κ3) is 9.79. The van der Waals surface area contributed by atoms with Crippen molar-refractivity contribution >= 4 is 34.4 Å². The number of para-hydroxylation sites is 1. The van der Waals surface area contributed by atoms with E-state index in [1.54, 1.807) is 0 Å². The van der Waals surface area contributed by atoms with Crippen molar-refractivity contribution in [2.24, 2.45) is 0 Å². The molecule has 0 saturated heterocycles. The van der Waals surface area contributed by atoms with Crippen LogP contribution < -0.4 is 4.90 Å². The van der Waals surface area contributed by atoms with E-state index >= 15 is 0 Å². The number of esters is 1. The van der Waals surface area contributed by atoms with Crippen LogP contribution in [0.15, 0.2) is 18.2 Å². The molecule has 168 valence electrons. The van der Waals surface area contributed by atoms with Crippen LogP contribution in [0.1, 0.15) is 75.8 Å². The normalized spacial score (nSPS) is 10.7. The van der Waals surface area contributed by atoms with Gasteiger partial charge in [0.1, 0.15) is 6.54 Å². The zero-order chi connectivity index (χ0) is 22.4. The van der Waals surface area contributed by atoms with E-state index in [9.17, 15) is 14.4 Å². The van der Waals surface area contributed by atoms with Crippen molar-refractivity contribution in [1.82, 2.24) is 0 Å². The summed E-state index contributed by atoms with van der Waals surface area (Å²) in [6.45, 7) is 5.86. The van der Waals surface area contributed by atoms with Crippen molar-refractivity contribution in [1.29, 1.82) is 0 Å². The minimum Gasteiger partial charge on any atom is -0.468 e. The molecule has 0 spiro atoms. The molecule has 1 aromatic rings. The number of hydrogen-bond acceptors (Lipinski definition) is 5. The number of nitrogens with zero attached hydrogens (tertiary/aromatic N) is 1. The molecule has 0 aliphatic heterocycles. The minimum atomic E-state index is -0.485. The first kappa shape index (κ1) is 26.2. The van der Waals surface area contributed by atoms with Gasteiger partial charge in [0.15, 0.2) is 5.12 Å². The molecule has 0 bridgehead atoms. The SMILES string of the molecule is CCCCCCCCCCC(=O)SCC(=O)N(CC(=O)OC)c1c(C)cccc1C. The minimum absolute atomic E-state index is 0.0284. The Morgan fingerprint density at radius 2 is 1.50 bits per heavy atom. The second-order valence-corrected chi connectivity index (χ2v) is 8.71. The molecule has 0 heterocycles. The number of hydrogen-bond donors (Lipinski definition) is 0. The number of carbonyl (C=O) groups is 3. The molecule has 0 unspecified atom stereocenters. The number of ether oxygens (including phenoxy) is 1. The van der Waals surface area contributed by atoms with Gasteiger partial charge in [0.05, 0.1) is 18.6 Å². The van der Waals surface area contributed by atoms with E-state index < -0.39 is 5.97 Å². The first-order valence-electron chi connectivity index (χ1n) is 11.0. The van der Waals surface area contributed by atoms with Gasteiger partial charge in [0, 0.05) is 6.42 Å². The maximum atomic E-state index is 12.9. The largest absolute Gasteiger partial charge is 0.468 e. The smallest absolute Gasteiger partial charge is 0.325 e. The molecule has 0 N–H and O–H groups in total. The van der Waals surface area contributed by atoms with Crippen LogP contribution in [0.25, 0.3) is 0 Å². The van der Waals surface area contributed by atoms with Gasteiger partial charge in [-0.1, -0.05) is 81.8 Å². The van der Waals surface area contributed by atoms with Crippen LogP contribution in [0, 0.1) is 13.8 Å². The third-order valence-electron chi connectivity index (χ3n) is 5.12. The van der Waals surface area contributed by atoms with Crippen LogP contribution in [0.5, 0.6) is 0 Å². The second kappa shape index (κ2) is 15.1. The lowest BCUT2D eigenvalue weighted by molar-refractivity contribution is -0.139. The molecule has 0 fully saturated rings. The molecule has 0 saturated carbocycles. The number of anilines is 1. The van der Waals surface area contributed by atoms with Crippen LogP contribution in [-0.2, 0) is 19.1 Å². The summed E-state index contributed by atoms with van der Waals surface area (Å²) in [5, 5.41) is 0.0360. The number of rotatable bonds is 14. The van der Waals surface area contributed by atoms with Crippen LogP contribution >= 0.6 is 11.8 Å². The highest BCUT2D eigenvalue weighted by molar-refractivity contribution is 8.14. The Bertz CT molecular complexity index is 670. The lowest BCUT2D eigenvalue weighted by Crippen LogP contribution is -2.38. The molecule has 0 aromatic heterocycles. The summed E-state index contributed by atoms with van der Waals surface area (Å²) in [5.74, 6) is -0.714. The number of amides is 1. The predicted molar refractivity (Wildman–Crippen MR) is 125 cm³/mol. The van der Waals surface area contributed by atoms with Gasteiger partial charge < -0.3 is 4.74 Å². The summed E-state index contributed by atoms with van der Waals surface area (Å²) in [7, 11) is 1.30. The molecule has 0 atom stereocenters. The first-order valence-corrected chi connectivity index (χ1v) is 12.0. The van der Waals surface area contributed by atoms with Gasteiger partial charge in [-0.15, -0.1) is 0 Å². The molecule has 1 rings (SSSR count). The van der Waals surface area contributed by atoms with Gasteiger partial charge in [-0.05, 0) is 31.4 Å². The van der Waals surface area contributed by atoms with Crippen molar-refractivity contribution in [3.8, 4) is 0 Å². The van der Waals surface area contributed by atoms with Crippen molar-refractivity contribution in [3.05, 3.63) is 29.3 Å². The van der Waals surface area contributed by atoms with E-state index in [2.05, 4.69) is 6.92 Å². The topological polar surface area (TPSA) is 63.7 Å². The summed E-state index contributed by atoms with van der Waals surface area (Å²) in [6, 6.07) is 5.72. The standard InChI is InChI=1S/C24H37NO4S/c1-5-6-7-8-9-10-11-12-16-23(28)30-18-21(26)25(17-22(27)29-4)24-19(2)14-13-15-20(24)3/h13-15H,5-12,16-18H2,1-4H3. The van der Waals surface area contributed by atoms with Gasteiger partial charge in [-0.3, -0.25) is 19.3 Å². The lowest BCUT2D eigenvalue weighted by atomic mass is 10.1. The molecule has 5 nitrogen and oxygen atoms in total. The number of benzene rings is 1. The maximum Gasteiger partial charge on any atom is 0.325 e. The van der Waals surface area contributed by atoms with Gasteiger partial charge in [-0.25, -0.2) is 0 Å². The number of carbonyl (C=O) groups excluding carboxylic acids is 3. The van der Waals surface area contributed by atoms with Gasteiger partial charge >= 0.3 is 5.97 Å². The van der Waals surface area contributed by atoms with E-state index in [-0.39, 0.29) is 23.3 Å². The molecule has 1 amide bonds. The fraction of sp³-hybridized carbons (Fsp3) is 0.625. The molecule has 30 heavy (non-hydrogen) atoms. The molecule has 0 radical (unpaired) electrons. The molecule has 0 aliphatic rings. The van der Waals surface area contributed by atoms with E-state index in [1.807, 2.05) is 32.0 Å². The average Bonchev–Trinajstić information content (AvgIpc) is 2.72. The number of thioether (sulfide) groups is 1. The Morgan fingerprint density at radius 3 is 2.07 bits per heavy atom. The zero-order valence-electron chi connectivity index (χ0n) is 19.0. The summed E-state index contributed by atoms with van der Waals surface area (Å²) in [5.41, 5.74) is 2.52. The van der Waals surface area contributed by atoms with Crippen LogP contribution in [0.3, 0.4) is 0 Å². The number of unbranched alkanes of at least 4 members (excludes halogenated alkanes) is 7. The second-order valence-electron chi connectivity index (χ2n) is 7.68. The summed E-state index contributed by atoms with van der Waals surface area (Å²) < 4.78 is 4.76. The van der Waals surface area contributed by atoms with Crippen LogP contribution in [0.4, 0.5) is 5.69 Å².